The number of nitrogens with zero attached hydrogens (tertiary/aromatic N) is 3. The predicted octanol–water partition coefficient (Wildman–Crippen LogP) is 1.20. The second-order valence-corrected chi connectivity index (χ2v) is 7.03. The molecule has 1 aliphatic rings. The second-order valence-electron chi connectivity index (χ2n) is 7.03. The van der Waals surface area contributed by atoms with Gasteiger partial charge in [0.05, 0.1) is 10.9 Å². The number of benzene rings is 1. The Morgan fingerprint density at radius 2 is 2.20 bits per heavy atom. The lowest BCUT2D eigenvalue weighted by Crippen LogP contribution is -2.37. The summed E-state index contributed by atoms with van der Waals surface area (Å²) in [4.78, 5) is 30.5. The van der Waals surface area contributed by atoms with Crippen LogP contribution in [0.25, 0.3) is 10.9 Å². The van der Waals surface area contributed by atoms with Gasteiger partial charge in [-0.05, 0) is 24.3 Å². The summed E-state index contributed by atoms with van der Waals surface area (Å²) < 4.78 is 0. The van der Waals surface area contributed by atoms with Crippen molar-refractivity contribution in [3.05, 3.63) is 47.8 Å². The molecule has 2 aromatic heterocycles. The Labute approximate surface area is 172 Å². The van der Waals surface area contributed by atoms with Gasteiger partial charge in [-0.3, -0.25) is 14.7 Å². The number of fused-ring (bicyclic) bond motifs is 1. The van der Waals surface area contributed by atoms with Gasteiger partial charge in [0.2, 0.25) is 5.60 Å². The standard InChI is InChI=1S/C21H20N6O3/c1-22-18-16-15(7-10-23-18)25-26-17(16)19(28)24-14-5-3-4-13(12-14)6-8-21(30)9-11-27(2)20(21)29/h3-5,7,10,12,30H,9,11H2,1-2H3,(H,22,23)(H,24,28)(H,25,26)/t21-/m0/s1. The van der Waals surface area contributed by atoms with Crippen LogP contribution in [-0.2, 0) is 4.79 Å². The number of carbonyl (C=O) groups is 2. The zero-order valence-electron chi connectivity index (χ0n) is 16.5. The maximum atomic E-state index is 12.8. The van der Waals surface area contributed by atoms with E-state index >= 15 is 0 Å². The van der Waals surface area contributed by atoms with Crippen LogP contribution in [0.1, 0.15) is 22.5 Å². The van der Waals surface area contributed by atoms with Crippen molar-refractivity contribution in [2.45, 2.75) is 12.0 Å². The molecule has 1 aromatic carbocycles. The molecule has 4 rings (SSSR count). The fourth-order valence-electron chi connectivity index (χ4n) is 3.33. The number of pyridine rings is 1. The van der Waals surface area contributed by atoms with Crippen LogP contribution in [0.2, 0.25) is 0 Å². The van der Waals surface area contributed by atoms with E-state index in [1.165, 1.54) is 4.90 Å². The SMILES string of the molecule is CNc1nccc2[nH]nc(C(=O)Nc3cccc(C#C[C@]4(O)CCN(C)C4=O)c3)c12. The molecule has 1 aliphatic heterocycles. The second kappa shape index (κ2) is 7.50. The zero-order chi connectivity index (χ0) is 21.3. The van der Waals surface area contributed by atoms with E-state index in [0.717, 1.165) is 0 Å². The molecule has 4 N–H and O–H groups in total. The number of aromatic amines is 1. The number of amides is 2. The lowest BCUT2D eigenvalue weighted by molar-refractivity contribution is -0.137. The summed E-state index contributed by atoms with van der Waals surface area (Å²) in [6.45, 7) is 0.460. The van der Waals surface area contributed by atoms with Gasteiger partial charge in [0.15, 0.2) is 5.69 Å². The highest BCUT2D eigenvalue weighted by Crippen LogP contribution is 2.24. The van der Waals surface area contributed by atoms with Crippen LogP contribution in [0, 0.1) is 11.8 Å². The highest BCUT2D eigenvalue weighted by atomic mass is 16.3. The fourth-order valence-corrected chi connectivity index (χ4v) is 3.33. The van der Waals surface area contributed by atoms with E-state index in [0.29, 0.717) is 34.5 Å². The Morgan fingerprint density at radius 1 is 1.37 bits per heavy atom. The molecule has 30 heavy (non-hydrogen) atoms. The molecule has 3 heterocycles. The van der Waals surface area contributed by atoms with E-state index in [9.17, 15) is 14.7 Å². The van der Waals surface area contributed by atoms with Gasteiger partial charge >= 0.3 is 0 Å². The van der Waals surface area contributed by atoms with Crippen LogP contribution in [-0.4, -0.2) is 63.2 Å². The number of likely N-dealkylation sites (N-methyl/N-ethyl adjacent to an activating group) is 1. The molecule has 3 aromatic rings. The van der Waals surface area contributed by atoms with E-state index in [2.05, 4.69) is 37.7 Å². The molecule has 9 heteroatoms. The summed E-state index contributed by atoms with van der Waals surface area (Å²) in [5, 5.41) is 23.7. The topological polar surface area (TPSA) is 123 Å². The van der Waals surface area contributed by atoms with Crippen LogP contribution in [0.5, 0.6) is 0 Å². The number of H-pyrrole nitrogens is 1. The van der Waals surface area contributed by atoms with Crippen molar-refractivity contribution in [2.24, 2.45) is 0 Å². The highest BCUT2D eigenvalue weighted by molar-refractivity contribution is 6.13. The number of aromatic nitrogens is 3. The predicted molar refractivity (Wildman–Crippen MR) is 112 cm³/mol. The van der Waals surface area contributed by atoms with Crippen molar-refractivity contribution in [3.63, 3.8) is 0 Å². The first-order valence-electron chi connectivity index (χ1n) is 9.34. The monoisotopic (exact) mass is 404 g/mol. The molecule has 0 saturated carbocycles. The van der Waals surface area contributed by atoms with Gasteiger partial charge in [-0.1, -0.05) is 17.9 Å². The van der Waals surface area contributed by atoms with Gasteiger partial charge in [-0.25, -0.2) is 4.98 Å². The molecule has 1 atom stereocenters. The Kier molecular flexibility index (Phi) is 4.85. The Morgan fingerprint density at radius 3 is 2.93 bits per heavy atom. The van der Waals surface area contributed by atoms with Gasteiger partial charge in [0, 0.05) is 44.5 Å². The summed E-state index contributed by atoms with van der Waals surface area (Å²) >= 11 is 0. The third-order valence-electron chi connectivity index (χ3n) is 4.97. The number of carbonyl (C=O) groups excluding carboxylic acids is 2. The van der Waals surface area contributed by atoms with Crippen LogP contribution < -0.4 is 10.6 Å². The first kappa shape index (κ1) is 19.4. The number of rotatable bonds is 3. The molecule has 9 nitrogen and oxygen atoms in total. The Hall–Kier alpha value is -3.90. The van der Waals surface area contributed by atoms with Gasteiger partial charge in [-0.2, -0.15) is 5.10 Å². The summed E-state index contributed by atoms with van der Waals surface area (Å²) in [6.07, 6.45) is 1.89. The number of nitrogens with one attached hydrogen (secondary N) is 3. The molecule has 2 amide bonds. The van der Waals surface area contributed by atoms with Crippen molar-refractivity contribution < 1.29 is 14.7 Å². The lowest BCUT2D eigenvalue weighted by atomic mass is 10.0. The number of anilines is 2. The summed E-state index contributed by atoms with van der Waals surface area (Å²) in [7, 11) is 3.35. The molecule has 0 aliphatic carbocycles. The van der Waals surface area contributed by atoms with Gasteiger partial charge in [0.1, 0.15) is 5.82 Å². The molecule has 1 fully saturated rings. The van der Waals surface area contributed by atoms with Crippen LogP contribution >= 0.6 is 0 Å². The maximum absolute atomic E-state index is 12.8. The third kappa shape index (κ3) is 3.44. The van der Waals surface area contributed by atoms with Crippen molar-refractivity contribution in [1.82, 2.24) is 20.1 Å². The summed E-state index contributed by atoms with van der Waals surface area (Å²) in [6, 6.07) is 8.60. The molecular formula is C21H20N6O3. The van der Waals surface area contributed by atoms with Gasteiger partial charge in [0.25, 0.3) is 11.8 Å². The third-order valence-corrected chi connectivity index (χ3v) is 4.97. The number of hydrogen-bond donors (Lipinski definition) is 4. The van der Waals surface area contributed by atoms with Crippen LogP contribution in [0.3, 0.4) is 0 Å². The molecule has 0 spiro atoms. The van der Waals surface area contributed by atoms with E-state index in [1.54, 1.807) is 50.6 Å². The van der Waals surface area contributed by atoms with Crippen molar-refractivity contribution in [2.75, 3.05) is 31.3 Å². The molecule has 0 bridgehead atoms. The average molecular weight is 404 g/mol. The molecule has 152 valence electrons. The van der Waals surface area contributed by atoms with Crippen molar-refractivity contribution in [1.29, 1.82) is 0 Å². The first-order chi connectivity index (χ1) is 14.4. The molecule has 0 radical (unpaired) electrons. The minimum absolute atomic E-state index is 0.216. The zero-order valence-corrected chi connectivity index (χ0v) is 16.5. The summed E-state index contributed by atoms with van der Waals surface area (Å²) in [5.41, 5.74) is 0.317. The van der Waals surface area contributed by atoms with E-state index in [1.807, 2.05) is 0 Å². The lowest BCUT2D eigenvalue weighted by Gasteiger charge is -2.13. The Bertz CT molecular complexity index is 1210. The summed E-state index contributed by atoms with van der Waals surface area (Å²) in [5.74, 6) is 5.25. The van der Waals surface area contributed by atoms with Crippen LogP contribution in [0.4, 0.5) is 11.5 Å². The highest BCUT2D eigenvalue weighted by Gasteiger charge is 2.42. The smallest absolute Gasteiger partial charge is 0.276 e. The van der Waals surface area contributed by atoms with E-state index in [-0.39, 0.29) is 12.1 Å². The minimum Gasteiger partial charge on any atom is -0.373 e. The maximum Gasteiger partial charge on any atom is 0.276 e. The molecule has 1 saturated heterocycles. The quantitative estimate of drug-likeness (QED) is 0.487. The van der Waals surface area contributed by atoms with Crippen molar-refractivity contribution in [3.8, 4) is 11.8 Å². The normalized spacial score (nSPS) is 18.2. The fraction of sp³-hybridized carbons (Fsp3) is 0.238. The van der Waals surface area contributed by atoms with Crippen molar-refractivity contribution >= 4 is 34.2 Å². The number of likely N-dealkylation sites (tertiary alicyclic amines) is 1. The van der Waals surface area contributed by atoms with E-state index in [4.69, 9.17) is 0 Å². The number of hydrogen-bond acceptors (Lipinski definition) is 6. The van der Waals surface area contributed by atoms with Gasteiger partial charge < -0.3 is 20.6 Å². The first-order valence-corrected chi connectivity index (χ1v) is 9.34. The molecule has 0 unspecified atom stereocenters. The van der Waals surface area contributed by atoms with Crippen LogP contribution in [0.15, 0.2) is 36.5 Å². The largest absolute Gasteiger partial charge is 0.373 e. The molecular weight excluding hydrogens is 384 g/mol. The minimum atomic E-state index is -1.67. The van der Waals surface area contributed by atoms with Gasteiger partial charge in [-0.15, -0.1) is 0 Å². The number of aliphatic hydroxyl groups is 1. The average Bonchev–Trinajstić information content (AvgIpc) is 3.30. The Balaban J connectivity index is 1.57. The van der Waals surface area contributed by atoms with E-state index < -0.39 is 17.4 Å².